The molecule has 136 valence electrons. The fraction of sp³-hybridized carbons (Fsp3) is 0.588. The van der Waals surface area contributed by atoms with Gasteiger partial charge in [-0.1, -0.05) is 12.8 Å². The van der Waals surface area contributed by atoms with Gasteiger partial charge in [0.05, 0.1) is 25.4 Å². The van der Waals surface area contributed by atoms with Crippen LogP contribution < -0.4 is 5.32 Å². The molecule has 0 atom stereocenters. The first-order valence-electron chi connectivity index (χ1n) is 8.66. The Balaban J connectivity index is 1.73. The number of urea groups is 1. The van der Waals surface area contributed by atoms with E-state index in [2.05, 4.69) is 15.4 Å². The fourth-order valence-electron chi connectivity index (χ4n) is 3.16. The third-order valence-corrected chi connectivity index (χ3v) is 5.30. The average molecular weight is 363 g/mol. The van der Waals surface area contributed by atoms with Crippen LogP contribution in [-0.4, -0.2) is 46.0 Å². The van der Waals surface area contributed by atoms with Crippen molar-refractivity contribution in [1.29, 1.82) is 0 Å². The molecule has 25 heavy (non-hydrogen) atoms. The number of hydrogen-bond acceptors (Lipinski definition) is 5. The Bertz CT molecular complexity index is 679. The number of aryl methyl sites for hydroxylation is 1. The highest BCUT2D eigenvalue weighted by atomic mass is 32.1. The number of amides is 2. The maximum absolute atomic E-state index is 12.9. The summed E-state index contributed by atoms with van der Waals surface area (Å²) in [4.78, 5) is 18.9. The molecule has 0 spiro atoms. The van der Waals surface area contributed by atoms with E-state index in [-0.39, 0.29) is 6.03 Å². The second kappa shape index (κ2) is 8.44. The van der Waals surface area contributed by atoms with Crippen molar-refractivity contribution in [3.63, 3.8) is 0 Å². The van der Waals surface area contributed by atoms with Crippen molar-refractivity contribution in [2.45, 2.75) is 45.2 Å². The molecule has 2 amide bonds. The van der Waals surface area contributed by atoms with E-state index in [1.54, 1.807) is 29.5 Å². The van der Waals surface area contributed by atoms with E-state index in [0.717, 1.165) is 29.2 Å². The van der Waals surface area contributed by atoms with Gasteiger partial charge in [0.2, 0.25) is 0 Å². The van der Waals surface area contributed by atoms with Gasteiger partial charge in [0.1, 0.15) is 10.8 Å². The van der Waals surface area contributed by atoms with Crippen molar-refractivity contribution in [2.75, 3.05) is 25.6 Å². The van der Waals surface area contributed by atoms with Gasteiger partial charge in [-0.2, -0.15) is 5.10 Å². The molecular formula is C17H25N5O2S. The third-order valence-electron chi connectivity index (χ3n) is 4.54. The molecule has 3 rings (SSSR count). The number of anilines is 1. The zero-order valence-corrected chi connectivity index (χ0v) is 15.6. The minimum Gasteiger partial charge on any atom is -0.383 e. The smallest absolute Gasteiger partial charge is 0.323 e. The lowest BCUT2D eigenvalue weighted by atomic mass is 10.2. The summed E-state index contributed by atoms with van der Waals surface area (Å²) in [5.41, 5.74) is 0.987. The minimum absolute atomic E-state index is 0.143. The Morgan fingerprint density at radius 1 is 1.48 bits per heavy atom. The summed E-state index contributed by atoms with van der Waals surface area (Å²) in [6.07, 6.45) is 8.27. The van der Waals surface area contributed by atoms with E-state index in [4.69, 9.17) is 4.74 Å². The molecule has 2 aromatic rings. The van der Waals surface area contributed by atoms with Gasteiger partial charge in [-0.25, -0.2) is 14.5 Å². The quantitative estimate of drug-likeness (QED) is 0.818. The Morgan fingerprint density at radius 2 is 2.28 bits per heavy atom. The van der Waals surface area contributed by atoms with E-state index in [1.165, 1.54) is 12.8 Å². The molecule has 0 saturated heterocycles. The van der Waals surface area contributed by atoms with Crippen molar-refractivity contribution in [1.82, 2.24) is 19.7 Å². The van der Waals surface area contributed by atoms with Crippen LogP contribution in [0.1, 0.15) is 42.3 Å². The standard InChI is InChI=1S/C17H25N5O2S/c1-13-11-19-22(14-5-3-4-6-14)16(13)20-17(23)21(8-9-24-2)12-15-18-7-10-25-15/h7,10-11,14H,3-6,8-9,12H2,1-2H3,(H,20,23). The Morgan fingerprint density at radius 3 is 2.96 bits per heavy atom. The molecule has 0 radical (unpaired) electrons. The number of hydrogen-bond donors (Lipinski definition) is 1. The Labute approximate surface area is 152 Å². The van der Waals surface area contributed by atoms with Gasteiger partial charge < -0.3 is 9.64 Å². The van der Waals surface area contributed by atoms with Crippen LogP contribution in [0.2, 0.25) is 0 Å². The number of thiazole rings is 1. The molecule has 0 aliphatic heterocycles. The SMILES string of the molecule is COCCN(Cc1nccs1)C(=O)Nc1c(C)cnn1C1CCCC1. The van der Waals surface area contributed by atoms with Gasteiger partial charge in [0.15, 0.2) is 0 Å². The van der Waals surface area contributed by atoms with Gasteiger partial charge in [0, 0.05) is 30.8 Å². The lowest BCUT2D eigenvalue weighted by Crippen LogP contribution is -2.37. The summed E-state index contributed by atoms with van der Waals surface area (Å²) in [5.74, 6) is 0.804. The van der Waals surface area contributed by atoms with E-state index in [1.807, 2.05) is 23.2 Å². The second-order valence-electron chi connectivity index (χ2n) is 6.33. The lowest BCUT2D eigenvalue weighted by Gasteiger charge is -2.23. The molecule has 0 unspecified atom stereocenters. The van der Waals surface area contributed by atoms with Crippen molar-refractivity contribution < 1.29 is 9.53 Å². The van der Waals surface area contributed by atoms with Crippen molar-refractivity contribution in [3.8, 4) is 0 Å². The summed E-state index contributed by atoms with van der Waals surface area (Å²) in [6, 6.07) is 0.241. The zero-order valence-electron chi connectivity index (χ0n) is 14.8. The van der Waals surface area contributed by atoms with Crippen LogP contribution in [-0.2, 0) is 11.3 Å². The molecule has 7 nitrogen and oxygen atoms in total. The molecule has 2 heterocycles. The third kappa shape index (κ3) is 4.38. The Hall–Kier alpha value is -1.93. The first-order valence-corrected chi connectivity index (χ1v) is 9.54. The number of aromatic nitrogens is 3. The van der Waals surface area contributed by atoms with E-state index < -0.39 is 0 Å². The second-order valence-corrected chi connectivity index (χ2v) is 7.31. The van der Waals surface area contributed by atoms with Crippen molar-refractivity contribution in [2.24, 2.45) is 0 Å². The predicted octanol–water partition coefficient (Wildman–Crippen LogP) is 3.44. The summed E-state index contributed by atoms with van der Waals surface area (Å²) in [7, 11) is 1.64. The summed E-state index contributed by atoms with van der Waals surface area (Å²) < 4.78 is 7.13. The lowest BCUT2D eigenvalue weighted by molar-refractivity contribution is 0.152. The van der Waals surface area contributed by atoms with E-state index >= 15 is 0 Å². The van der Waals surface area contributed by atoms with Gasteiger partial charge >= 0.3 is 6.03 Å². The van der Waals surface area contributed by atoms with Gasteiger partial charge in [-0.05, 0) is 19.8 Å². The topological polar surface area (TPSA) is 72.3 Å². The molecule has 1 fully saturated rings. The van der Waals surface area contributed by atoms with Gasteiger partial charge in [-0.3, -0.25) is 5.32 Å². The molecule has 0 aromatic carbocycles. The maximum Gasteiger partial charge on any atom is 0.323 e. The number of carbonyl (C=O) groups is 1. The van der Waals surface area contributed by atoms with Crippen LogP contribution in [0.5, 0.6) is 0 Å². The van der Waals surface area contributed by atoms with Crippen molar-refractivity contribution in [3.05, 3.63) is 28.3 Å². The fourth-order valence-corrected chi connectivity index (χ4v) is 3.79. The molecule has 8 heteroatoms. The van der Waals surface area contributed by atoms with Crippen LogP contribution in [0.3, 0.4) is 0 Å². The minimum atomic E-state index is -0.143. The number of carbonyl (C=O) groups excluding carboxylic acids is 1. The maximum atomic E-state index is 12.9. The number of rotatable bonds is 7. The van der Waals surface area contributed by atoms with Gasteiger partial charge in [-0.15, -0.1) is 11.3 Å². The first kappa shape index (κ1) is 17.9. The van der Waals surface area contributed by atoms with Crippen LogP contribution in [0.25, 0.3) is 0 Å². The highest BCUT2D eigenvalue weighted by molar-refractivity contribution is 7.09. The molecular weight excluding hydrogens is 338 g/mol. The molecule has 0 bridgehead atoms. The summed E-state index contributed by atoms with van der Waals surface area (Å²) in [6.45, 7) is 3.45. The van der Waals surface area contributed by atoms with E-state index in [9.17, 15) is 4.79 Å². The zero-order chi connectivity index (χ0) is 17.6. The first-order chi connectivity index (χ1) is 12.2. The molecule has 2 aromatic heterocycles. The van der Waals surface area contributed by atoms with E-state index in [0.29, 0.717) is 25.7 Å². The van der Waals surface area contributed by atoms with Crippen molar-refractivity contribution >= 4 is 23.2 Å². The van der Waals surface area contributed by atoms with Crippen LogP contribution in [0.4, 0.5) is 10.6 Å². The largest absolute Gasteiger partial charge is 0.383 e. The average Bonchev–Trinajstić information content (AvgIpc) is 3.34. The van der Waals surface area contributed by atoms with Crippen LogP contribution in [0, 0.1) is 6.92 Å². The number of nitrogens with zero attached hydrogens (tertiary/aromatic N) is 4. The van der Waals surface area contributed by atoms with Gasteiger partial charge in [0.25, 0.3) is 0 Å². The molecule has 1 N–H and O–H groups in total. The molecule has 1 aliphatic carbocycles. The highest BCUT2D eigenvalue weighted by Gasteiger charge is 2.24. The molecule has 1 aliphatic rings. The Kier molecular flexibility index (Phi) is 6.04. The number of ether oxygens (including phenoxy) is 1. The normalized spacial score (nSPS) is 14.8. The monoisotopic (exact) mass is 363 g/mol. The van der Waals surface area contributed by atoms with Crippen LogP contribution >= 0.6 is 11.3 Å². The highest BCUT2D eigenvalue weighted by Crippen LogP contribution is 2.32. The number of nitrogens with one attached hydrogen (secondary N) is 1. The molecule has 1 saturated carbocycles. The summed E-state index contributed by atoms with van der Waals surface area (Å²) in [5, 5.41) is 10.4. The summed E-state index contributed by atoms with van der Waals surface area (Å²) >= 11 is 1.55. The number of methoxy groups -OCH3 is 1. The predicted molar refractivity (Wildman–Crippen MR) is 97.9 cm³/mol. The van der Waals surface area contributed by atoms with Crippen LogP contribution in [0.15, 0.2) is 17.8 Å².